The Morgan fingerprint density at radius 2 is 2.08 bits per heavy atom. The molecule has 1 saturated carbocycles. The van der Waals surface area contributed by atoms with Crippen molar-refractivity contribution in [3.63, 3.8) is 0 Å². The van der Waals surface area contributed by atoms with Crippen LogP contribution in [0.25, 0.3) is 0 Å². The summed E-state index contributed by atoms with van der Waals surface area (Å²) in [5.74, 6) is -0.223. The fraction of sp³-hybridized carbons (Fsp3) is 0.286. The monoisotopic (exact) mass is 590 g/mol. The number of carbonyl (C=O) groups excluding carboxylic acids is 1. The number of carbonyl (C=O) groups is 1. The number of rotatable bonds is 9. The van der Waals surface area contributed by atoms with Gasteiger partial charge in [0, 0.05) is 40.6 Å². The van der Waals surface area contributed by atoms with Crippen molar-refractivity contribution in [1.82, 2.24) is 14.7 Å². The maximum absolute atomic E-state index is 13.3. The Morgan fingerprint density at radius 1 is 1.31 bits per heavy atom. The van der Waals surface area contributed by atoms with Gasteiger partial charge in [-0.3, -0.25) is 8.98 Å². The van der Waals surface area contributed by atoms with Crippen molar-refractivity contribution < 1.29 is 27.1 Å². The minimum atomic E-state index is -3.98. The molecule has 1 aliphatic rings. The molecule has 192 valence electrons. The number of aliphatic hydroxyl groups excluding tert-OH is 1. The lowest BCUT2D eigenvalue weighted by atomic mass is 10.1. The van der Waals surface area contributed by atoms with Gasteiger partial charge in [-0.1, -0.05) is 29.3 Å². The molecular weight excluding hydrogens is 571 g/mol. The summed E-state index contributed by atoms with van der Waals surface area (Å²) in [5.41, 5.74) is 0.144. The van der Waals surface area contributed by atoms with Gasteiger partial charge in [0.05, 0.1) is 29.7 Å². The highest BCUT2D eigenvalue weighted by atomic mass is 35.5. The quantitative estimate of drug-likeness (QED) is 0.252. The van der Waals surface area contributed by atoms with Crippen molar-refractivity contribution >= 4 is 67.6 Å². The molecule has 0 aliphatic heterocycles. The zero-order chi connectivity index (χ0) is 26.0. The van der Waals surface area contributed by atoms with Gasteiger partial charge in [0.2, 0.25) is 5.78 Å². The predicted octanol–water partition coefficient (Wildman–Crippen LogP) is 3.03. The molecule has 15 heteroatoms. The maximum atomic E-state index is 13.3. The highest BCUT2D eigenvalue weighted by molar-refractivity contribution is 7.91. The molecule has 2 heterocycles. The van der Waals surface area contributed by atoms with Crippen molar-refractivity contribution in [2.75, 3.05) is 12.4 Å². The molecule has 0 unspecified atom stereocenters. The molecule has 0 bridgehead atoms. The third-order valence-electron chi connectivity index (χ3n) is 5.43. The molecule has 1 fully saturated rings. The van der Waals surface area contributed by atoms with Crippen LogP contribution in [0.4, 0.5) is 5.82 Å². The molecule has 0 radical (unpaired) electrons. The van der Waals surface area contributed by atoms with E-state index in [1.165, 1.54) is 18.6 Å². The summed E-state index contributed by atoms with van der Waals surface area (Å²) < 4.78 is 43.3. The highest BCUT2D eigenvalue weighted by Crippen LogP contribution is 2.37. The molecule has 0 spiro atoms. The lowest BCUT2D eigenvalue weighted by Crippen LogP contribution is -2.40. The van der Waals surface area contributed by atoms with Crippen LogP contribution >= 0.6 is 34.5 Å². The minimum absolute atomic E-state index is 0.144. The normalized spacial score (nSPS) is 20.9. The highest BCUT2D eigenvalue weighted by Gasteiger charge is 2.36. The van der Waals surface area contributed by atoms with Crippen molar-refractivity contribution in [2.45, 2.75) is 40.8 Å². The van der Waals surface area contributed by atoms with Crippen molar-refractivity contribution in [3.05, 3.63) is 62.7 Å². The van der Waals surface area contributed by atoms with Gasteiger partial charge in [-0.15, -0.1) is 11.3 Å². The average molecular weight is 592 g/mol. The summed E-state index contributed by atoms with van der Waals surface area (Å²) in [7, 11) is -2.96. The summed E-state index contributed by atoms with van der Waals surface area (Å²) in [6.45, 7) is 0. The minimum Gasteiger partial charge on any atom is -0.606 e. The zero-order valence-corrected chi connectivity index (χ0v) is 22.5. The Labute approximate surface area is 224 Å². The molecule has 4 atom stereocenters. The topological polar surface area (TPSA) is 154 Å². The van der Waals surface area contributed by atoms with Crippen LogP contribution in [-0.2, 0) is 25.7 Å². The molecular formula is C21H20Cl2N4O6S3. The number of nitrogens with one attached hydrogen (secondary N) is 2. The van der Waals surface area contributed by atoms with Crippen LogP contribution in [0, 0.1) is 0 Å². The molecule has 3 aromatic rings. The van der Waals surface area contributed by atoms with E-state index in [4.69, 9.17) is 23.2 Å². The van der Waals surface area contributed by atoms with Crippen LogP contribution < -0.4 is 10.0 Å². The Kier molecular flexibility index (Phi) is 8.54. The maximum Gasteiger partial charge on any atom is 0.335 e. The Morgan fingerprint density at radius 3 is 2.81 bits per heavy atom. The first-order valence-corrected chi connectivity index (χ1v) is 14.5. The summed E-state index contributed by atoms with van der Waals surface area (Å²) in [6.07, 6.45) is 2.08. The van der Waals surface area contributed by atoms with Crippen LogP contribution in [0.5, 0.6) is 0 Å². The first-order valence-electron chi connectivity index (χ1n) is 10.4. The number of ketones is 1. The number of thiophene rings is 1. The van der Waals surface area contributed by atoms with Crippen LogP contribution in [0.2, 0.25) is 9.36 Å². The fourth-order valence-corrected chi connectivity index (χ4v) is 7.44. The predicted molar refractivity (Wildman–Crippen MR) is 136 cm³/mol. The Hall–Kier alpha value is -1.81. The number of hydrogen-bond acceptors (Lipinski definition) is 10. The molecule has 36 heavy (non-hydrogen) atoms. The second-order valence-electron chi connectivity index (χ2n) is 7.81. The van der Waals surface area contributed by atoms with E-state index in [-0.39, 0.29) is 44.4 Å². The second kappa shape index (κ2) is 11.3. The lowest BCUT2D eigenvalue weighted by molar-refractivity contribution is 0.104. The average Bonchev–Trinajstić information content (AvgIpc) is 3.40. The van der Waals surface area contributed by atoms with Crippen LogP contribution in [0.1, 0.15) is 28.1 Å². The van der Waals surface area contributed by atoms with Crippen LogP contribution in [0.15, 0.2) is 52.6 Å². The summed E-state index contributed by atoms with van der Waals surface area (Å²) in [5, 5.41) is 13.8. The number of nitrogens with zero attached hydrogens (tertiary/aromatic N) is 2. The first-order chi connectivity index (χ1) is 17.1. The summed E-state index contributed by atoms with van der Waals surface area (Å²) >= 11 is 11.7. The number of aromatic nitrogens is 2. The molecule has 0 amide bonds. The van der Waals surface area contributed by atoms with E-state index in [0.717, 1.165) is 18.4 Å². The van der Waals surface area contributed by atoms with E-state index in [9.17, 15) is 22.9 Å². The standard InChI is InChI=1S/C21H20Cl2N4O6S3/c1-33-36(31,32)27-15-6-12(7-16(15)28)26-21-14(9-24-10-25-21)19(29)17-8-18(20(23)34-17)35(30)13-4-2-3-11(22)5-13/h2-5,8-10,12,15-16,27-28H,6-7H2,1H3,(H,24,25,26)/t12-,15-,16+,35+/m1/s1. The van der Waals surface area contributed by atoms with Gasteiger partial charge in [-0.25, -0.2) is 9.97 Å². The van der Waals surface area contributed by atoms with Crippen molar-refractivity contribution in [3.8, 4) is 0 Å². The lowest BCUT2D eigenvalue weighted by Gasteiger charge is -2.16. The molecule has 10 nitrogen and oxygen atoms in total. The smallest absolute Gasteiger partial charge is 0.335 e. The van der Waals surface area contributed by atoms with Gasteiger partial charge in [-0.05, 0) is 25.0 Å². The number of aliphatic hydroxyl groups is 1. The summed E-state index contributed by atoms with van der Waals surface area (Å²) in [6, 6.07) is 6.87. The van der Waals surface area contributed by atoms with E-state index in [1.54, 1.807) is 24.3 Å². The molecule has 3 N–H and O–H groups in total. The van der Waals surface area contributed by atoms with Gasteiger partial charge in [0.25, 0.3) is 0 Å². The number of hydrogen-bond donors (Lipinski definition) is 3. The fourth-order valence-electron chi connectivity index (χ4n) is 3.73. The molecule has 1 aromatic carbocycles. The van der Waals surface area contributed by atoms with Crippen LogP contribution in [0.3, 0.4) is 0 Å². The van der Waals surface area contributed by atoms with Crippen molar-refractivity contribution in [1.29, 1.82) is 0 Å². The van der Waals surface area contributed by atoms with E-state index >= 15 is 0 Å². The van der Waals surface area contributed by atoms with Gasteiger partial charge >= 0.3 is 10.3 Å². The summed E-state index contributed by atoms with van der Waals surface area (Å²) in [4.78, 5) is 22.4. The largest absolute Gasteiger partial charge is 0.606 e. The molecule has 0 saturated heterocycles. The van der Waals surface area contributed by atoms with Gasteiger partial charge < -0.3 is 15.0 Å². The van der Waals surface area contributed by atoms with E-state index < -0.39 is 39.4 Å². The SMILES string of the molecule is COS(=O)(=O)N[C@@H]1C[C@@H](Nc2ncncc2C(=O)c2cc([S@@+]([O-])c3cccc(Cl)c3)c(Cl)s2)C[C@@H]1O. The number of halogens is 2. The molecule has 4 rings (SSSR count). The molecule has 1 aliphatic carbocycles. The Bertz CT molecular complexity index is 1370. The number of anilines is 1. The van der Waals surface area contributed by atoms with E-state index in [1.807, 2.05) is 0 Å². The number of benzene rings is 1. The van der Waals surface area contributed by atoms with E-state index in [2.05, 4.69) is 24.2 Å². The van der Waals surface area contributed by atoms with Crippen molar-refractivity contribution in [2.24, 2.45) is 0 Å². The van der Waals surface area contributed by atoms with Gasteiger partial charge in [0.1, 0.15) is 16.5 Å². The third kappa shape index (κ3) is 6.18. The second-order valence-corrected chi connectivity index (χ2v) is 12.8. The molecule has 2 aromatic heterocycles. The van der Waals surface area contributed by atoms with Crippen LogP contribution in [-0.4, -0.2) is 59.1 Å². The van der Waals surface area contributed by atoms with Gasteiger partial charge in [-0.2, -0.15) is 13.1 Å². The zero-order valence-electron chi connectivity index (χ0n) is 18.6. The Balaban J connectivity index is 1.53. The first kappa shape index (κ1) is 27.2. The van der Waals surface area contributed by atoms with E-state index in [0.29, 0.717) is 9.92 Å². The van der Waals surface area contributed by atoms with Gasteiger partial charge in [0.15, 0.2) is 9.79 Å². The third-order valence-corrected chi connectivity index (χ3v) is 9.70.